The molecule has 2 N–H and O–H groups in total. The summed E-state index contributed by atoms with van der Waals surface area (Å²) in [5.41, 5.74) is 0. The van der Waals surface area contributed by atoms with Crippen molar-refractivity contribution in [1.29, 1.82) is 0 Å². The summed E-state index contributed by atoms with van der Waals surface area (Å²) in [5.74, 6) is 0.0324. The molecular formula is C8H17NO2S. The molecule has 72 valence electrons. The van der Waals surface area contributed by atoms with Gasteiger partial charge in [0.15, 0.2) is 0 Å². The van der Waals surface area contributed by atoms with Gasteiger partial charge < -0.3 is 10.4 Å². The van der Waals surface area contributed by atoms with Gasteiger partial charge in [0.05, 0.1) is 0 Å². The topological polar surface area (TPSA) is 49.3 Å². The van der Waals surface area contributed by atoms with E-state index in [2.05, 4.69) is 12.2 Å². The zero-order valence-electron chi connectivity index (χ0n) is 7.67. The molecule has 4 heteroatoms. The highest BCUT2D eigenvalue weighted by Crippen LogP contribution is 2.02. The molecule has 0 radical (unpaired) electrons. The third-order valence-electron chi connectivity index (χ3n) is 1.55. The fourth-order valence-electron chi connectivity index (χ4n) is 0.669. The molecule has 0 aliphatic carbocycles. The summed E-state index contributed by atoms with van der Waals surface area (Å²) in [6, 6.07) is 0. The minimum Gasteiger partial charge on any atom is -0.396 e. The van der Waals surface area contributed by atoms with Gasteiger partial charge in [-0.1, -0.05) is 6.92 Å². The van der Waals surface area contributed by atoms with Gasteiger partial charge in [-0.2, -0.15) is 11.8 Å². The molecule has 0 aliphatic heterocycles. The molecule has 0 aromatic carbocycles. The van der Waals surface area contributed by atoms with E-state index < -0.39 is 0 Å². The van der Waals surface area contributed by atoms with Gasteiger partial charge in [0.25, 0.3) is 0 Å². The van der Waals surface area contributed by atoms with E-state index in [0.29, 0.717) is 24.6 Å². The maximum Gasteiger partial charge on any atom is 0.220 e. The summed E-state index contributed by atoms with van der Waals surface area (Å²) < 4.78 is 0. The Morgan fingerprint density at radius 1 is 1.67 bits per heavy atom. The van der Waals surface area contributed by atoms with Crippen molar-refractivity contribution in [2.45, 2.75) is 25.0 Å². The summed E-state index contributed by atoms with van der Waals surface area (Å²) >= 11 is 1.73. The molecule has 12 heavy (non-hydrogen) atoms. The molecule has 0 aromatic heterocycles. The maximum atomic E-state index is 11.0. The summed E-state index contributed by atoms with van der Waals surface area (Å²) in [4.78, 5) is 11.0. The highest BCUT2D eigenvalue weighted by Gasteiger charge is 2.02. The minimum atomic E-state index is 0.0324. The van der Waals surface area contributed by atoms with Crippen molar-refractivity contribution in [3.05, 3.63) is 0 Å². The van der Waals surface area contributed by atoms with Crippen LogP contribution in [0.1, 0.15) is 19.8 Å². The summed E-state index contributed by atoms with van der Waals surface area (Å²) in [6.07, 6.45) is 3.00. The highest BCUT2D eigenvalue weighted by atomic mass is 32.2. The molecule has 0 spiro atoms. The number of aliphatic hydroxyl groups excluding tert-OH is 1. The lowest BCUT2D eigenvalue weighted by Crippen LogP contribution is -2.29. The predicted molar refractivity (Wildman–Crippen MR) is 52.3 cm³/mol. The van der Waals surface area contributed by atoms with Crippen molar-refractivity contribution in [3.8, 4) is 0 Å². The number of aliphatic hydroxyl groups is 1. The Labute approximate surface area is 77.9 Å². The van der Waals surface area contributed by atoms with Crippen LogP contribution in [0.25, 0.3) is 0 Å². The van der Waals surface area contributed by atoms with E-state index in [1.54, 1.807) is 11.8 Å². The van der Waals surface area contributed by atoms with E-state index in [9.17, 15) is 4.79 Å². The van der Waals surface area contributed by atoms with E-state index in [1.807, 2.05) is 6.26 Å². The predicted octanol–water partition coefficient (Wildman–Crippen LogP) is 0.627. The van der Waals surface area contributed by atoms with Crippen LogP contribution in [-0.4, -0.2) is 35.7 Å². The lowest BCUT2D eigenvalue weighted by Gasteiger charge is -2.08. The van der Waals surface area contributed by atoms with Gasteiger partial charge in [-0.05, 0) is 12.7 Å². The van der Waals surface area contributed by atoms with Gasteiger partial charge in [-0.3, -0.25) is 4.79 Å². The van der Waals surface area contributed by atoms with Crippen LogP contribution in [-0.2, 0) is 4.79 Å². The Morgan fingerprint density at radius 3 is 2.83 bits per heavy atom. The van der Waals surface area contributed by atoms with Crippen molar-refractivity contribution in [1.82, 2.24) is 5.32 Å². The zero-order valence-corrected chi connectivity index (χ0v) is 8.49. The Kier molecular flexibility index (Phi) is 7.29. The standard InChI is InChI=1S/C8H17NO2S/c1-7(12-2)6-9-8(11)4-3-5-10/h7,10H,3-6H2,1-2H3,(H,9,11). The van der Waals surface area contributed by atoms with Gasteiger partial charge in [0, 0.05) is 24.8 Å². The molecule has 0 bridgehead atoms. The normalized spacial score (nSPS) is 12.6. The third-order valence-corrected chi connectivity index (χ3v) is 2.52. The Hall–Kier alpha value is -0.220. The average molecular weight is 191 g/mol. The minimum absolute atomic E-state index is 0.0324. The van der Waals surface area contributed by atoms with E-state index in [-0.39, 0.29) is 12.5 Å². The molecule has 3 nitrogen and oxygen atoms in total. The SMILES string of the molecule is CSC(C)CNC(=O)CCCO. The second-order valence-electron chi connectivity index (χ2n) is 2.68. The number of carbonyl (C=O) groups excluding carboxylic acids is 1. The Morgan fingerprint density at radius 2 is 2.33 bits per heavy atom. The van der Waals surface area contributed by atoms with Crippen molar-refractivity contribution < 1.29 is 9.90 Å². The van der Waals surface area contributed by atoms with Crippen LogP contribution in [0, 0.1) is 0 Å². The molecule has 0 heterocycles. The molecule has 0 saturated heterocycles. The van der Waals surface area contributed by atoms with Crippen LogP contribution >= 0.6 is 11.8 Å². The first-order valence-electron chi connectivity index (χ1n) is 4.11. The second-order valence-corrected chi connectivity index (χ2v) is 3.95. The third kappa shape index (κ3) is 6.49. The molecule has 1 atom stereocenters. The van der Waals surface area contributed by atoms with Gasteiger partial charge in [-0.25, -0.2) is 0 Å². The molecule has 1 amide bonds. The first-order chi connectivity index (χ1) is 5.70. The second kappa shape index (κ2) is 7.43. The van der Waals surface area contributed by atoms with Gasteiger partial charge in [0.2, 0.25) is 5.91 Å². The summed E-state index contributed by atoms with van der Waals surface area (Å²) in [6.45, 7) is 2.87. The van der Waals surface area contributed by atoms with Crippen LogP contribution in [0.15, 0.2) is 0 Å². The summed E-state index contributed by atoms with van der Waals surface area (Å²) in [5, 5.41) is 11.7. The average Bonchev–Trinajstić information content (AvgIpc) is 2.10. The van der Waals surface area contributed by atoms with Gasteiger partial charge in [0.1, 0.15) is 0 Å². The number of nitrogens with one attached hydrogen (secondary N) is 1. The van der Waals surface area contributed by atoms with Crippen molar-refractivity contribution >= 4 is 17.7 Å². The first-order valence-corrected chi connectivity index (χ1v) is 5.39. The molecule has 0 aromatic rings. The smallest absolute Gasteiger partial charge is 0.220 e. The maximum absolute atomic E-state index is 11.0. The van der Waals surface area contributed by atoms with Crippen LogP contribution in [0.5, 0.6) is 0 Å². The fourth-order valence-corrected chi connectivity index (χ4v) is 0.919. The lowest BCUT2D eigenvalue weighted by molar-refractivity contribution is -0.121. The Balaban J connectivity index is 3.31. The molecule has 0 fully saturated rings. The van der Waals surface area contributed by atoms with Crippen molar-refractivity contribution in [2.24, 2.45) is 0 Å². The first kappa shape index (κ1) is 11.8. The fraction of sp³-hybridized carbons (Fsp3) is 0.875. The zero-order chi connectivity index (χ0) is 9.40. The molecule has 1 unspecified atom stereocenters. The van der Waals surface area contributed by atoms with Crippen LogP contribution in [0.2, 0.25) is 0 Å². The van der Waals surface area contributed by atoms with Crippen LogP contribution in [0.4, 0.5) is 0 Å². The van der Waals surface area contributed by atoms with Crippen LogP contribution in [0.3, 0.4) is 0 Å². The molecule has 0 saturated carbocycles. The van der Waals surface area contributed by atoms with E-state index in [4.69, 9.17) is 5.11 Å². The number of rotatable bonds is 6. The van der Waals surface area contributed by atoms with Crippen molar-refractivity contribution in [3.63, 3.8) is 0 Å². The molecule has 0 aliphatic rings. The van der Waals surface area contributed by atoms with Gasteiger partial charge >= 0.3 is 0 Å². The van der Waals surface area contributed by atoms with E-state index >= 15 is 0 Å². The van der Waals surface area contributed by atoms with Crippen LogP contribution < -0.4 is 5.32 Å². The number of hydrogen-bond donors (Lipinski definition) is 2. The number of amides is 1. The van der Waals surface area contributed by atoms with Gasteiger partial charge in [-0.15, -0.1) is 0 Å². The molecular weight excluding hydrogens is 174 g/mol. The number of thioether (sulfide) groups is 1. The quantitative estimate of drug-likeness (QED) is 0.647. The van der Waals surface area contributed by atoms with E-state index in [1.165, 1.54) is 0 Å². The van der Waals surface area contributed by atoms with E-state index in [0.717, 1.165) is 0 Å². The largest absolute Gasteiger partial charge is 0.396 e. The van der Waals surface area contributed by atoms with Crippen molar-refractivity contribution in [2.75, 3.05) is 19.4 Å². The Bertz CT molecular complexity index is 130. The highest BCUT2D eigenvalue weighted by molar-refractivity contribution is 7.99. The molecule has 0 rings (SSSR count). The lowest BCUT2D eigenvalue weighted by atomic mass is 10.3. The number of hydrogen-bond acceptors (Lipinski definition) is 3. The number of carbonyl (C=O) groups is 1. The monoisotopic (exact) mass is 191 g/mol. The summed E-state index contributed by atoms with van der Waals surface area (Å²) in [7, 11) is 0.